The summed E-state index contributed by atoms with van der Waals surface area (Å²) in [6.45, 7) is 17.0. The predicted molar refractivity (Wildman–Crippen MR) is 84.8 cm³/mol. The van der Waals surface area contributed by atoms with E-state index in [2.05, 4.69) is 65.1 Å². The van der Waals surface area contributed by atoms with E-state index in [0.717, 1.165) is 0 Å². The van der Waals surface area contributed by atoms with Crippen molar-refractivity contribution in [3.05, 3.63) is 12.7 Å². The Morgan fingerprint density at radius 2 is 1.89 bits per heavy atom. The summed E-state index contributed by atoms with van der Waals surface area (Å²) in [7, 11) is -1.69. The Morgan fingerprint density at radius 3 is 2.11 bits per heavy atom. The first-order chi connectivity index (χ1) is 8.12. The van der Waals surface area contributed by atoms with Gasteiger partial charge in [-0.05, 0) is 18.1 Å². The van der Waals surface area contributed by atoms with Crippen LogP contribution >= 0.6 is 0 Å². The van der Waals surface area contributed by atoms with E-state index in [1.54, 1.807) is 0 Å². The maximum absolute atomic E-state index is 9.27. The van der Waals surface area contributed by atoms with E-state index in [0.29, 0.717) is 6.61 Å². The van der Waals surface area contributed by atoms with Gasteiger partial charge >= 0.3 is 42.6 Å². The number of hydrogen-bond acceptors (Lipinski definition) is 2. The van der Waals surface area contributed by atoms with E-state index in [1.807, 2.05) is 0 Å². The van der Waals surface area contributed by atoms with Crippen molar-refractivity contribution in [3.63, 3.8) is 0 Å². The molecule has 1 atom stereocenters. The van der Waals surface area contributed by atoms with Crippen LogP contribution in [-0.4, -0.2) is 43.8 Å². The molecule has 0 aromatic rings. The molecular weight excluding hydrogens is 235 g/mol. The molecule has 2 nitrogen and oxygen atoms in total. The number of unbranched alkanes of at least 4 members (excludes halogenated alkanes) is 1. The summed E-state index contributed by atoms with van der Waals surface area (Å²) in [5.74, 6) is 0. The fourth-order valence-electron chi connectivity index (χ4n) is 0.932. The summed E-state index contributed by atoms with van der Waals surface area (Å²) in [4.78, 5) is 0. The molecule has 0 aromatic carbocycles. The van der Waals surface area contributed by atoms with Crippen molar-refractivity contribution in [2.75, 3.05) is 6.61 Å². The molecular formula is C14H31LiO2Si. The molecule has 0 aliphatic heterocycles. The molecule has 0 aliphatic carbocycles. The summed E-state index contributed by atoms with van der Waals surface area (Å²) in [5, 5.41) is 10.8. The first kappa shape index (κ1) is 20.8. The van der Waals surface area contributed by atoms with Gasteiger partial charge in [0.15, 0.2) is 8.32 Å². The van der Waals surface area contributed by atoms with Gasteiger partial charge in [0.05, 0.1) is 12.7 Å². The molecule has 0 saturated heterocycles. The van der Waals surface area contributed by atoms with Crippen molar-refractivity contribution in [1.29, 1.82) is 0 Å². The minimum absolute atomic E-state index is 0.202. The van der Waals surface area contributed by atoms with Gasteiger partial charge in [0.2, 0.25) is 0 Å². The standard InChI is InChI=1S/C10H22O2Si.C4H9.Li/c1-7-9(11)8-12-13(5,6)10(2,3)4;1-3-4-2;/h7,9,11H,1,8H2,2-6H3;1,3-4H2,2H3;. The number of aliphatic hydroxyl groups excluding tert-OH is 1. The van der Waals surface area contributed by atoms with Crippen molar-refractivity contribution in [3.8, 4) is 0 Å². The van der Waals surface area contributed by atoms with Crippen LogP contribution in [0.15, 0.2) is 12.7 Å². The molecule has 0 heterocycles. The summed E-state index contributed by atoms with van der Waals surface area (Å²) >= 11 is 2.21. The Bertz CT molecular complexity index is 210. The molecule has 1 unspecified atom stereocenters. The fraction of sp³-hybridized carbons (Fsp3) is 0.857. The Balaban J connectivity index is 0. The molecule has 0 rings (SSSR count). The van der Waals surface area contributed by atoms with Crippen LogP contribution in [0.2, 0.25) is 23.2 Å². The molecule has 0 radical (unpaired) electrons. The molecule has 4 heteroatoms. The van der Waals surface area contributed by atoms with Crippen LogP contribution in [0.1, 0.15) is 40.5 Å². The topological polar surface area (TPSA) is 29.5 Å². The summed E-state index contributed by atoms with van der Waals surface area (Å²) in [5.41, 5.74) is 0. The van der Waals surface area contributed by atoms with E-state index in [1.165, 1.54) is 24.0 Å². The third kappa shape index (κ3) is 10.4. The molecule has 1 N–H and O–H groups in total. The van der Waals surface area contributed by atoms with E-state index >= 15 is 0 Å². The van der Waals surface area contributed by atoms with Crippen molar-refractivity contribution in [1.82, 2.24) is 0 Å². The summed E-state index contributed by atoms with van der Waals surface area (Å²) < 4.78 is 5.76. The Hall–Kier alpha value is 0.474. The van der Waals surface area contributed by atoms with Gasteiger partial charge in [0.25, 0.3) is 0 Å². The zero-order chi connectivity index (χ0) is 14.8. The van der Waals surface area contributed by atoms with Gasteiger partial charge in [0.1, 0.15) is 0 Å². The molecule has 0 aromatic heterocycles. The normalized spacial score (nSPS) is 13.6. The monoisotopic (exact) mass is 266 g/mol. The quantitative estimate of drug-likeness (QED) is 0.583. The number of hydrogen-bond donors (Lipinski definition) is 1. The van der Waals surface area contributed by atoms with Crippen LogP contribution in [0.3, 0.4) is 0 Å². The van der Waals surface area contributed by atoms with Gasteiger partial charge in [-0.1, -0.05) is 26.8 Å². The number of rotatable bonds is 6. The molecule has 0 fully saturated rings. The molecule has 104 valence electrons. The zero-order valence-corrected chi connectivity index (χ0v) is 14.5. The third-order valence-corrected chi connectivity index (χ3v) is 7.90. The minimum atomic E-state index is -1.69. The molecule has 0 aliphatic rings. The molecule has 0 spiro atoms. The van der Waals surface area contributed by atoms with Gasteiger partial charge in [0, 0.05) is 0 Å². The van der Waals surface area contributed by atoms with E-state index in [4.69, 9.17) is 4.43 Å². The average molecular weight is 266 g/mol. The average Bonchev–Trinajstić information content (AvgIpc) is 2.26. The van der Waals surface area contributed by atoms with Crippen LogP contribution in [0, 0.1) is 0 Å². The molecule has 0 saturated carbocycles. The van der Waals surface area contributed by atoms with Crippen molar-refractivity contribution >= 4 is 26.0 Å². The molecule has 18 heavy (non-hydrogen) atoms. The fourth-order valence-corrected chi connectivity index (χ4v) is 1.95. The molecule has 0 amide bonds. The second-order valence-corrected chi connectivity index (χ2v) is 11.0. The Morgan fingerprint density at radius 1 is 1.39 bits per heavy atom. The molecule has 0 bridgehead atoms. The third-order valence-electron chi connectivity index (χ3n) is 3.40. The maximum atomic E-state index is 9.27. The van der Waals surface area contributed by atoms with Crippen LogP contribution in [0.4, 0.5) is 0 Å². The zero-order valence-electron chi connectivity index (χ0n) is 13.5. The Labute approximate surface area is 125 Å². The van der Waals surface area contributed by atoms with Gasteiger partial charge in [-0.25, -0.2) is 0 Å². The van der Waals surface area contributed by atoms with Gasteiger partial charge < -0.3 is 9.53 Å². The van der Waals surface area contributed by atoms with Gasteiger partial charge in [-0.3, -0.25) is 0 Å². The SMILES string of the molecule is C=CC(O)CO[Si](C)(C)C(C)(C)C.[Li][CH2]CCC. The van der Waals surface area contributed by atoms with Crippen molar-refractivity contribution in [2.45, 2.75) is 69.9 Å². The van der Waals surface area contributed by atoms with Crippen LogP contribution in [0.25, 0.3) is 0 Å². The van der Waals surface area contributed by atoms with Gasteiger partial charge in [-0.15, -0.1) is 6.58 Å². The first-order valence-electron chi connectivity index (χ1n) is 7.07. The van der Waals surface area contributed by atoms with Crippen molar-refractivity contribution in [2.24, 2.45) is 0 Å². The second kappa shape index (κ2) is 10.3. The van der Waals surface area contributed by atoms with Crippen LogP contribution in [0.5, 0.6) is 0 Å². The summed E-state index contributed by atoms with van der Waals surface area (Å²) in [6.07, 6.45) is 3.71. The van der Waals surface area contributed by atoms with E-state index in [9.17, 15) is 5.11 Å². The van der Waals surface area contributed by atoms with Crippen LogP contribution < -0.4 is 0 Å². The number of aliphatic hydroxyl groups is 1. The second-order valence-electron chi connectivity index (χ2n) is 6.23. The first-order valence-corrected chi connectivity index (χ1v) is 9.97. The predicted octanol–water partition coefficient (Wildman–Crippen LogP) is 3.93. The Kier molecular flexibility index (Phi) is 11.9. The van der Waals surface area contributed by atoms with Crippen molar-refractivity contribution < 1.29 is 9.53 Å². The van der Waals surface area contributed by atoms with E-state index < -0.39 is 14.4 Å². The van der Waals surface area contributed by atoms with Crippen LogP contribution in [-0.2, 0) is 4.43 Å². The van der Waals surface area contributed by atoms with E-state index in [-0.39, 0.29) is 5.04 Å². The van der Waals surface area contributed by atoms with Gasteiger partial charge in [-0.2, -0.15) is 0 Å². The summed E-state index contributed by atoms with van der Waals surface area (Å²) in [6, 6.07) is 0.